The number of aromatic nitrogens is 3. The third kappa shape index (κ3) is 3.14. The zero-order chi connectivity index (χ0) is 18.1. The number of nitrogens with one attached hydrogen (secondary N) is 1. The maximum atomic E-state index is 11.9. The second kappa shape index (κ2) is 6.99. The minimum Gasteiger partial charge on any atom is -0.384 e. The van der Waals surface area contributed by atoms with Gasteiger partial charge in [0.05, 0.1) is 11.9 Å². The number of aliphatic imine (C=N–C) groups is 1. The molecule has 1 N–H and O–H groups in total. The number of amides is 1. The van der Waals surface area contributed by atoms with Gasteiger partial charge in [0.25, 0.3) is 0 Å². The number of carbonyl (C=O) groups excluding carboxylic acids is 1. The second-order valence-electron chi connectivity index (χ2n) is 6.97. The third-order valence-electron chi connectivity index (χ3n) is 5.20. The van der Waals surface area contributed by atoms with Crippen LogP contribution in [-0.2, 0) is 9.53 Å². The fraction of sp³-hybridized carbons (Fsp3) is 0.474. The molecule has 2 atom stereocenters. The van der Waals surface area contributed by atoms with Crippen molar-refractivity contribution in [1.29, 1.82) is 0 Å². The molecular weight excluding hydrogens is 330 g/mol. The van der Waals surface area contributed by atoms with Crippen molar-refractivity contribution in [2.45, 2.75) is 25.2 Å². The topological polar surface area (TPSA) is 83.5 Å². The van der Waals surface area contributed by atoms with E-state index in [4.69, 9.17) is 9.73 Å². The first-order chi connectivity index (χ1) is 12.7. The van der Waals surface area contributed by atoms with Gasteiger partial charge in [-0.25, -0.2) is 15.0 Å². The Kier molecular flexibility index (Phi) is 4.55. The number of rotatable bonds is 5. The van der Waals surface area contributed by atoms with Crippen molar-refractivity contribution in [3.63, 3.8) is 0 Å². The van der Waals surface area contributed by atoms with E-state index in [1.807, 2.05) is 6.20 Å². The van der Waals surface area contributed by atoms with Crippen molar-refractivity contribution < 1.29 is 9.53 Å². The van der Waals surface area contributed by atoms with Crippen molar-refractivity contribution in [3.8, 4) is 0 Å². The van der Waals surface area contributed by atoms with Crippen LogP contribution < -0.4 is 0 Å². The Bertz CT molecular complexity index is 872. The van der Waals surface area contributed by atoms with Gasteiger partial charge in [0, 0.05) is 32.2 Å². The lowest BCUT2D eigenvalue weighted by atomic mass is 10.1. The van der Waals surface area contributed by atoms with Crippen LogP contribution in [0.1, 0.15) is 30.7 Å². The molecule has 7 nitrogen and oxygen atoms in total. The average molecular weight is 353 g/mol. The summed E-state index contributed by atoms with van der Waals surface area (Å²) in [4.78, 5) is 30.5. The van der Waals surface area contributed by atoms with E-state index < -0.39 is 0 Å². The summed E-state index contributed by atoms with van der Waals surface area (Å²) in [6.45, 7) is 5.63. The highest BCUT2D eigenvalue weighted by Crippen LogP contribution is 2.50. The summed E-state index contributed by atoms with van der Waals surface area (Å²) in [7, 11) is 1.74. The molecule has 0 radical (unpaired) electrons. The highest BCUT2D eigenvalue weighted by atomic mass is 16.5. The minimum absolute atomic E-state index is 0.0482. The summed E-state index contributed by atoms with van der Waals surface area (Å²) < 4.78 is 5.29. The first-order valence-corrected chi connectivity index (χ1v) is 9.00. The van der Waals surface area contributed by atoms with E-state index in [0.29, 0.717) is 24.2 Å². The molecule has 7 heteroatoms. The molecule has 0 aromatic carbocycles. The van der Waals surface area contributed by atoms with E-state index in [9.17, 15) is 4.79 Å². The van der Waals surface area contributed by atoms with E-state index in [1.54, 1.807) is 12.0 Å². The van der Waals surface area contributed by atoms with Crippen molar-refractivity contribution in [2.24, 2.45) is 10.9 Å². The van der Waals surface area contributed by atoms with Crippen LogP contribution in [0, 0.1) is 5.92 Å². The molecule has 1 saturated heterocycles. The Morgan fingerprint density at radius 3 is 3.23 bits per heavy atom. The monoisotopic (exact) mass is 353 g/mol. The van der Waals surface area contributed by atoms with E-state index in [-0.39, 0.29) is 5.91 Å². The smallest absolute Gasteiger partial charge is 0.246 e. The maximum Gasteiger partial charge on any atom is 0.246 e. The van der Waals surface area contributed by atoms with E-state index in [0.717, 1.165) is 49.2 Å². The fourth-order valence-corrected chi connectivity index (χ4v) is 3.78. The van der Waals surface area contributed by atoms with E-state index >= 15 is 0 Å². The highest BCUT2D eigenvalue weighted by molar-refractivity contribution is 5.98. The summed E-state index contributed by atoms with van der Waals surface area (Å²) in [5.41, 5.74) is 3.01. The predicted molar refractivity (Wildman–Crippen MR) is 99.7 cm³/mol. The molecule has 26 heavy (non-hydrogen) atoms. The summed E-state index contributed by atoms with van der Waals surface area (Å²) in [6.07, 6.45) is 7.83. The van der Waals surface area contributed by atoms with Crippen molar-refractivity contribution >= 4 is 28.5 Å². The first-order valence-electron chi connectivity index (χ1n) is 9.00. The molecule has 0 bridgehead atoms. The van der Waals surface area contributed by atoms with Crippen molar-refractivity contribution in [2.75, 3.05) is 26.8 Å². The normalized spacial score (nSPS) is 24.2. The number of nitrogens with zero attached hydrogens (tertiary/aromatic N) is 4. The number of hydrogen-bond donors (Lipinski definition) is 1. The van der Waals surface area contributed by atoms with Crippen LogP contribution in [0.25, 0.3) is 11.0 Å². The summed E-state index contributed by atoms with van der Waals surface area (Å²) in [6, 6.07) is 0. The number of piperidine rings is 1. The maximum absolute atomic E-state index is 11.9. The lowest BCUT2D eigenvalue weighted by Crippen LogP contribution is -2.39. The molecule has 1 aliphatic heterocycles. The molecule has 4 rings (SSSR count). The largest absolute Gasteiger partial charge is 0.384 e. The van der Waals surface area contributed by atoms with Crippen LogP contribution in [0.3, 0.4) is 0 Å². The van der Waals surface area contributed by atoms with Crippen molar-refractivity contribution in [3.05, 3.63) is 30.7 Å². The Hall–Kier alpha value is -2.54. The summed E-state index contributed by atoms with van der Waals surface area (Å²) in [5, 5.41) is 0.996. The molecule has 2 fully saturated rings. The fourth-order valence-electron chi connectivity index (χ4n) is 3.78. The number of hydrogen-bond acceptors (Lipinski definition) is 5. The molecule has 3 heterocycles. The van der Waals surface area contributed by atoms with Gasteiger partial charge >= 0.3 is 0 Å². The number of methoxy groups -OCH3 is 1. The lowest BCUT2D eigenvalue weighted by molar-refractivity contribution is -0.125. The van der Waals surface area contributed by atoms with Gasteiger partial charge in [0.1, 0.15) is 12.0 Å². The summed E-state index contributed by atoms with van der Waals surface area (Å²) >= 11 is 0. The Labute approximate surface area is 152 Å². The SMILES string of the molecule is C=CC(=O)N1CCCC(=Nc2ncnc3[nH]cc([C@@H]4C[C@H]4COC)c23)C1. The summed E-state index contributed by atoms with van der Waals surface area (Å²) in [5.74, 6) is 1.67. The van der Waals surface area contributed by atoms with Crippen LogP contribution in [0.15, 0.2) is 30.2 Å². The minimum atomic E-state index is -0.0482. The number of carbonyl (C=O) groups is 1. The Balaban J connectivity index is 1.65. The number of H-pyrrole nitrogens is 1. The average Bonchev–Trinajstić information content (AvgIpc) is 3.28. The Morgan fingerprint density at radius 2 is 2.42 bits per heavy atom. The highest BCUT2D eigenvalue weighted by Gasteiger charge is 2.40. The van der Waals surface area contributed by atoms with Gasteiger partial charge in [-0.2, -0.15) is 0 Å². The molecule has 1 aliphatic carbocycles. The van der Waals surface area contributed by atoms with Gasteiger partial charge in [-0.15, -0.1) is 0 Å². The second-order valence-corrected chi connectivity index (χ2v) is 6.97. The molecule has 2 aliphatic rings. The zero-order valence-corrected chi connectivity index (χ0v) is 14.9. The number of aromatic amines is 1. The molecule has 1 amide bonds. The van der Waals surface area contributed by atoms with Crippen LogP contribution in [-0.4, -0.2) is 58.3 Å². The van der Waals surface area contributed by atoms with Crippen LogP contribution >= 0.6 is 0 Å². The third-order valence-corrected chi connectivity index (χ3v) is 5.20. The number of ether oxygens (including phenoxy) is 1. The van der Waals surface area contributed by atoms with Gasteiger partial charge in [0.15, 0.2) is 5.82 Å². The van der Waals surface area contributed by atoms with Gasteiger partial charge in [-0.05, 0) is 42.7 Å². The first kappa shape index (κ1) is 16.9. The molecule has 136 valence electrons. The van der Waals surface area contributed by atoms with E-state index in [2.05, 4.69) is 21.5 Å². The molecular formula is C19H23N5O2. The zero-order valence-electron chi connectivity index (χ0n) is 14.9. The molecule has 1 saturated carbocycles. The Morgan fingerprint density at radius 1 is 1.54 bits per heavy atom. The van der Waals surface area contributed by atoms with Crippen LogP contribution in [0.5, 0.6) is 0 Å². The predicted octanol–water partition coefficient (Wildman–Crippen LogP) is 2.59. The van der Waals surface area contributed by atoms with Crippen LogP contribution in [0.2, 0.25) is 0 Å². The standard InChI is InChI=1S/C19H23N5O2/c1-3-16(25)24-6-4-5-13(9-24)23-19-17-15(14-7-12(14)10-26-2)8-20-18(17)21-11-22-19/h3,8,11-12,14H,1,4-7,9-10H2,2H3,(H,20,21,22)/t12-,14+/m0/s1. The van der Waals surface area contributed by atoms with E-state index in [1.165, 1.54) is 18.0 Å². The molecule has 2 aromatic rings. The van der Waals surface area contributed by atoms with Gasteiger partial charge < -0.3 is 14.6 Å². The molecule has 2 aromatic heterocycles. The van der Waals surface area contributed by atoms with Gasteiger partial charge in [-0.1, -0.05) is 6.58 Å². The van der Waals surface area contributed by atoms with Gasteiger partial charge in [0.2, 0.25) is 5.91 Å². The number of likely N-dealkylation sites (tertiary alicyclic amines) is 1. The number of fused-ring (bicyclic) bond motifs is 1. The molecule has 0 spiro atoms. The van der Waals surface area contributed by atoms with Gasteiger partial charge in [-0.3, -0.25) is 4.79 Å². The molecule has 0 unspecified atom stereocenters. The van der Waals surface area contributed by atoms with Crippen LogP contribution in [0.4, 0.5) is 5.82 Å². The quantitative estimate of drug-likeness (QED) is 0.838. The lowest BCUT2D eigenvalue weighted by Gasteiger charge is -2.26. The van der Waals surface area contributed by atoms with Crippen molar-refractivity contribution in [1.82, 2.24) is 19.9 Å².